The van der Waals surface area contributed by atoms with Crippen molar-refractivity contribution in [1.82, 2.24) is 5.32 Å². The Labute approximate surface area is 181 Å². The van der Waals surface area contributed by atoms with Crippen molar-refractivity contribution in [2.75, 3.05) is 13.7 Å². The van der Waals surface area contributed by atoms with E-state index in [4.69, 9.17) is 5.11 Å². The molecule has 0 bridgehead atoms. The third-order valence-corrected chi connectivity index (χ3v) is 5.52. The fraction of sp³-hybridized carbons (Fsp3) is 0.435. The second-order valence-corrected chi connectivity index (χ2v) is 7.80. The second-order valence-electron chi connectivity index (χ2n) is 7.80. The molecule has 2 aromatic carbocycles. The maximum atomic E-state index is 11.9. The van der Waals surface area contributed by atoms with Gasteiger partial charge in [-0.05, 0) is 41.3 Å². The number of aliphatic hydroxyl groups excluding tert-OH is 6. The highest BCUT2D eigenvalue weighted by molar-refractivity contribution is 5.95. The molecule has 0 aliphatic carbocycles. The van der Waals surface area contributed by atoms with Crippen LogP contribution in [0, 0.1) is 12.8 Å². The molecule has 0 saturated heterocycles. The lowest BCUT2D eigenvalue weighted by Gasteiger charge is -2.31. The quantitative estimate of drug-likeness (QED) is 0.297. The van der Waals surface area contributed by atoms with Gasteiger partial charge in [0, 0.05) is 25.1 Å². The van der Waals surface area contributed by atoms with Gasteiger partial charge in [-0.2, -0.15) is 0 Å². The first-order valence-corrected chi connectivity index (χ1v) is 10.1. The predicted octanol–water partition coefficient (Wildman–Crippen LogP) is 0.127. The van der Waals surface area contributed by atoms with E-state index in [0.29, 0.717) is 16.7 Å². The zero-order valence-corrected chi connectivity index (χ0v) is 17.8. The van der Waals surface area contributed by atoms with Crippen LogP contribution in [0.5, 0.6) is 0 Å². The van der Waals surface area contributed by atoms with E-state index in [1.165, 1.54) is 6.92 Å². The number of carbonyl (C=O) groups excluding carboxylic acids is 1. The van der Waals surface area contributed by atoms with Crippen LogP contribution in [0.15, 0.2) is 42.5 Å². The van der Waals surface area contributed by atoms with Crippen LogP contribution in [-0.4, -0.2) is 74.6 Å². The Balaban J connectivity index is 2.23. The molecule has 0 aliphatic heterocycles. The molecule has 31 heavy (non-hydrogen) atoms. The molecule has 0 saturated carbocycles. The molecule has 2 rings (SSSR count). The Morgan fingerprint density at radius 2 is 1.52 bits per heavy atom. The molecule has 0 aliphatic rings. The highest BCUT2D eigenvalue weighted by atomic mass is 16.4. The molecule has 0 spiro atoms. The first-order valence-electron chi connectivity index (χ1n) is 10.1. The lowest BCUT2D eigenvalue weighted by atomic mass is 9.89. The van der Waals surface area contributed by atoms with Gasteiger partial charge >= 0.3 is 0 Å². The summed E-state index contributed by atoms with van der Waals surface area (Å²) in [5, 5.41) is 62.9. The summed E-state index contributed by atoms with van der Waals surface area (Å²) in [7, 11) is 1.55. The molecule has 0 heterocycles. The van der Waals surface area contributed by atoms with Crippen molar-refractivity contribution in [3.05, 3.63) is 59.2 Å². The summed E-state index contributed by atoms with van der Waals surface area (Å²) < 4.78 is 0. The Bertz CT molecular complexity index is 888. The van der Waals surface area contributed by atoms with E-state index >= 15 is 0 Å². The van der Waals surface area contributed by atoms with Crippen LogP contribution in [0.1, 0.15) is 34.5 Å². The summed E-state index contributed by atoms with van der Waals surface area (Å²) in [5.74, 6) is -0.931. The molecule has 1 amide bonds. The minimum atomic E-state index is -1.83. The molecule has 7 N–H and O–H groups in total. The van der Waals surface area contributed by atoms with Crippen LogP contribution in [0.4, 0.5) is 0 Å². The molecular weight excluding hydrogens is 402 g/mol. The van der Waals surface area contributed by atoms with E-state index in [2.05, 4.69) is 5.32 Å². The predicted molar refractivity (Wildman–Crippen MR) is 115 cm³/mol. The van der Waals surface area contributed by atoms with Gasteiger partial charge in [-0.1, -0.05) is 37.3 Å². The standard InChI is InChI=1S/C23H31NO7/c1-12-9-15(14-5-4-6-16(10-14)23(31)24-3)7-8-17(12)19(27)21(29)22(30)20(28)18(26)13(2)11-25/h4-10,13,18-22,25-30H,11H2,1-3H3,(H,24,31)/t13?,18?,19-,20?,21?,22?/m1/s1. The largest absolute Gasteiger partial charge is 0.396 e. The number of aliphatic hydroxyl groups is 6. The second kappa shape index (κ2) is 10.8. The van der Waals surface area contributed by atoms with Crippen molar-refractivity contribution in [2.24, 2.45) is 5.92 Å². The first kappa shape index (κ1) is 24.9. The third-order valence-electron chi connectivity index (χ3n) is 5.52. The summed E-state index contributed by atoms with van der Waals surface area (Å²) in [4.78, 5) is 11.9. The van der Waals surface area contributed by atoms with Crippen molar-refractivity contribution >= 4 is 5.91 Å². The molecule has 8 heteroatoms. The number of carbonyl (C=O) groups is 1. The van der Waals surface area contributed by atoms with Crippen molar-refractivity contribution in [3.63, 3.8) is 0 Å². The molecule has 0 fully saturated rings. The zero-order chi connectivity index (χ0) is 23.3. The average molecular weight is 434 g/mol. The van der Waals surface area contributed by atoms with E-state index in [9.17, 15) is 30.3 Å². The van der Waals surface area contributed by atoms with Crippen LogP contribution in [0.25, 0.3) is 11.1 Å². The van der Waals surface area contributed by atoms with Gasteiger partial charge in [0.15, 0.2) is 0 Å². The first-order chi connectivity index (χ1) is 14.6. The molecule has 8 nitrogen and oxygen atoms in total. The fourth-order valence-corrected chi connectivity index (χ4v) is 3.39. The van der Waals surface area contributed by atoms with Gasteiger partial charge in [-0.3, -0.25) is 4.79 Å². The van der Waals surface area contributed by atoms with Crippen LogP contribution < -0.4 is 5.32 Å². The topological polar surface area (TPSA) is 150 Å². The van der Waals surface area contributed by atoms with Gasteiger partial charge in [0.2, 0.25) is 0 Å². The van der Waals surface area contributed by atoms with Gasteiger partial charge in [0.1, 0.15) is 24.4 Å². The maximum Gasteiger partial charge on any atom is 0.251 e. The smallest absolute Gasteiger partial charge is 0.251 e. The average Bonchev–Trinajstić information content (AvgIpc) is 2.80. The summed E-state index contributed by atoms with van der Waals surface area (Å²) >= 11 is 0. The number of nitrogens with one attached hydrogen (secondary N) is 1. The SMILES string of the molecule is CNC(=O)c1cccc(-c2ccc([C@@H](O)C(O)C(O)C(O)C(O)C(C)CO)c(C)c2)c1. The van der Waals surface area contributed by atoms with Gasteiger partial charge in [-0.25, -0.2) is 0 Å². The minimum Gasteiger partial charge on any atom is -0.396 e. The molecule has 0 radical (unpaired) electrons. The molecule has 0 aromatic heterocycles. The lowest BCUT2D eigenvalue weighted by Crippen LogP contribution is -2.49. The third kappa shape index (κ3) is 5.68. The Morgan fingerprint density at radius 3 is 2.10 bits per heavy atom. The van der Waals surface area contributed by atoms with Crippen molar-refractivity contribution in [3.8, 4) is 11.1 Å². The zero-order valence-electron chi connectivity index (χ0n) is 17.8. The maximum absolute atomic E-state index is 11.9. The highest BCUT2D eigenvalue weighted by Gasteiger charge is 2.37. The summed E-state index contributed by atoms with van der Waals surface area (Å²) in [6.45, 7) is 2.79. The summed E-state index contributed by atoms with van der Waals surface area (Å²) in [6, 6.07) is 12.1. The number of hydrogen-bond donors (Lipinski definition) is 7. The van der Waals surface area contributed by atoms with E-state index in [0.717, 1.165) is 11.1 Å². The van der Waals surface area contributed by atoms with Crippen LogP contribution >= 0.6 is 0 Å². The van der Waals surface area contributed by atoms with Crippen molar-refractivity contribution < 1.29 is 35.4 Å². The number of hydrogen-bond acceptors (Lipinski definition) is 7. The molecule has 170 valence electrons. The van der Waals surface area contributed by atoms with E-state index in [1.807, 2.05) is 6.07 Å². The normalized spacial score (nSPS) is 17.3. The van der Waals surface area contributed by atoms with Crippen molar-refractivity contribution in [1.29, 1.82) is 0 Å². The Hall–Kier alpha value is -2.33. The Kier molecular flexibility index (Phi) is 8.69. The fourth-order valence-electron chi connectivity index (χ4n) is 3.39. The van der Waals surface area contributed by atoms with Crippen LogP contribution in [0.3, 0.4) is 0 Å². The number of aryl methyl sites for hydroxylation is 1. The highest BCUT2D eigenvalue weighted by Crippen LogP contribution is 2.29. The van der Waals surface area contributed by atoms with Gasteiger partial charge < -0.3 is 36.0 Å². The van der Waals surface area contributed by atoms with E-state index < -0.39 is 43.0 Å². The van der Waals surface area contributed by atoms with Crippen molar-refractivity contribution in [2.45, 2.75) is 44.4 Å². The van der Waals surface area contributed by atoms with Gasteiger partial charge in [-0.15, -0.1) is 0 Å². The van der Waals surface area contributed by atoms with Gasteiger partial charge in [0.25, 0.3) is 5.91 Å². The monoisotopic (exact) mass is 433 g/mol. The van der Waals surface area contributed by atoms with Crippen LogP contribution in [-0.2, 0) is 0 Å². The van der Waals surface area contributed by atoms with Gasteiger partial charge in [0.05, 0.1) is 6.10 Å². The minimum absolute atomic E-state index is 0.209. The summed E-state index contributed by atoms with van der Waals surface area (Å²) in [5.41, 5.74) is 3.06. The summed E-state index contributed by atoms with van der Waals surface area (Å²) in [6.07, 6.45) is -8.34. The number of benzene rings is 2. The number of amides is 1. The lowest BCUT2D eigenvalue weighted by molar-refractivity contribution is -0.145. The molecule has 2 aromatic rings. The molecule has 6 atom stereocenters. The molecule has 5 unspecified atom stereocenters. The number of rotatable bonds is 9. The van der Waals surface area contributed by atoms with E-state index in [-0.39, 0.29) is 5.91 Å². The molecular formula is C23H31NO7. The van der Waals surface area contributed by atoms with Crippen LogP contribution in [0.2, 0.25) is 0 Å². The van der Waals surface area contributed by atoms with E-state index in [1.54, 1.807) is 50.4 Å². The Morgan fingerprint density at radius 1 is 0.903 bits per heavy atom.